The molecule has 0 rings (SSSR count). The molecule has 0 amide bonds. The molecule has 1 heteroatoms. The highest BCUT2D eigenvalue weighted by molar-refractivity contribution is 6.13. The van der Waals surface area contributed by atoms with Gasteiger partial charge in [-0.25, -0.2) is 0 Å². The Bertz CT molecular complexity index is 166. The van der Waals surface area contributed by atoms with Crippen molar-refractivity contribution < 1.29 is 0 Å². The minimum absolute atomic E-state index is 0.639. The summed E-state index contributed by atoms with van der Waals surface area (Å²) in [6.07, 6.45) is 5.81. The topological polar surface area (TPSA) is 0 Å². The average molecular weight is 164 g/mol. The van der Waals surface area contributed by atoms with Crippen molar-refractivity contribution in [3.8, 4) is 0 Å². The van der Waals surface area contributed by atoms with Gasteiger partial charge in [0.2, 0.25) is 0 Å². The molecule has 0 bridgehead atoms. The smallest absolute Gasteiger partial charge is 0.100 e. The van der Waals surface area contributed by atoms with Crippen molar-refractivity contribution in [2.45, 2.75) is 45.9 Å². The van der Waals surface area contributed by atoms with Crippen molar-refractivity contribution in [2.24, 2.45) is 0 Å². The van der Waals surface area contributed by atoms with Crippen LogP contribution < -0.4 is 0 Å². The number of hydrogen-bond donors (Lipinski definition) is 0. The van der Waals surface area contributed by atoms with Crippen molar-refractivity contribution >= 4 is 7.85 Å². The first-order valence-electron chi connectivity index (χ1n) is 4.91. The largest absolute Gasteiger partial charge is 0.110 e. The lowest BCUT2D eigenvalue weighted by atomic mass is 9.81. The van der Waals surface area contributed by atoms with Crippen molar-refractivity contribution in [2.75, 3.05) is 0 Å². The second-order valence-electron chi connectivity index (χ2n) is 3.76. The van der Waals surface area contributed by atoms with E-state index in [9.17, 15) is 0 Å². The molecule has 0 aromatic heterocycles. The summed E-state index contributed by atoms with van der Waals surface area (Å²) in [4.78, 5) is 0. The SMILES string of the molecule is BC(C)C(=C)CC/C=C(\C)CC. The molecule has 0 radical (unpaired) electrons. The fraction of sp³-hybridized carbons (Fsp3) is 0.636. The predicted octanol–water partition coefficient (Wildman–Crippen LogP) is 3.12. The van der Waals surface area contributed by atoms with Gasteiger partial charge in [-0.1, -0.05) is 36.9 Å². The average Bonchev–Trinajstić information content (AvgIpc) is 2.03. The molecule has 0 heterocycles. The van der Waals surface area contributed by atoms with Crippen LogP contribution in [0.2, 0.25) is 5.82 Å². The van der Waals surface area contributed by atoms with E-state index in [0.29, 0.717) is 5.82 Å². The zero-order valence-corrected chi connectivity index (χ0v) is 8.98. The molecule has 0 saturated carbocycles. The molecule has 12 heavy (non-hydrogen) atoms. The highest BCUT2D eigenvalue weighted by Crippen LogP contribution is 2.16. The summed E-state index contributed by atoms with van der Waals surface area (Å²) in [7, 11) is 2.21. The Kier molecular flexibility index (Phi) is 5.87. The summed E-state index contributed by atoms with van der Waals surface area (Å²) in [5, 5.41) is 0. The molecule has 0 aliphatic rings. The molecule has 0 aromatic rings. The van der Waals surface area contributed by atoms with E-state index in [1.54, 1.807) is 0 Å². The van der Waals surface area contributed by atoms with Crippen LogP contribution in [0.25, 0.3) is 0 Å². The summed E-state index contributed by atoms with van der Waals surface area (Å²) in [6.45, 7) is 10.6. The lowest BCUT2D eigenvalue weighted by Crippen LogP contribution is -1.89. The Balaban J connectivity index is 3.63. The Morgan fingerprint density at radius 1 is 1.58 bits per heavy atom. The summed E-state index contributed by atoms with van der Waals surface area (Å²) in [6, 6.07) is 0. The zero-order chi connectivity index (χ0) is 9.56. The summed E-state index contributed by atoms with van der Waals surface area (Å²) >= 11 is 0. The molecule has 0 nitrogen and oxygen atoms in total. The normalized spacial score (nSPS) is 14.4. The lowest BCUT2D eigenvalue weighted by Gasteiger charge is -2.07. The number of allylic oxidation sites excluding steroid dienone is 3. The molecule has 1 unspecified atom stereocenters. The van der Waals surface area contributed by atoms with Crippen LogP contribution in [0.1, 0.15) is 40.0 Å². The van der Waals surface area contributed by atoms with Gasteiger partial charge in [0.25, 0.3) is 0 Å². The highest BCUT2D eigenvalue weighted by atomic mass is 14.0. The van der Waals surface area contributed by atoms with Crippen LogP contribution in [-0.4, -0.2) is 7.85 Å². The summed E-state index contributed by atoms with van der Waals surface area (Å²) < 4.78 is 0. The Labute approximate surface area is 78.2 Å². The van der Waals surface area contributed by atoms with Gasteiger partial charge in [-0.15, -0.1) is 6.58 Å². The van der Waals surface area contributed by atoms with Crippen LogP contribution in [-0.2, 0) is 0 Å². The van der Waals surface area contributed by atoms with Crippen molar-refractivity contribution in [1.29, 1.82) is 0 Å². The van der Waals surface area contributed by atoms with Crippen molar-refractivity contribution in [3.05, 3.63) is 23.8 Å². The van der Waals surface area contributed by atoms with E-state index < -0.39 is 0 Å². The minimum atomic E-state index is 0.639. The van der Waals surface area contributed by atoms with Gasteiger partial charge in [-0.05, 0) is 26.2 Å². The molecule has 1 atom stereocenters. The van der Waals surface area contributed by atoms with Gasteiger partial charge in [-0.3, -0.25) is 0 Å². The molecule has 0 spiro atoms. The quantitative estimate of drug-likeness (QED) is 0.432. The molecule has 0 aliphatic heterocycles. The number of rotatable bonds is 5. The Hall–Kier alpha value is -0.455. The van der Waals surface area contributed by atoms with Crippen molar-refractivity contribution in [1.82, 2.24) is 0 Å². The first kappa shape index (κ1) is 11.5. The standard InChI is InChI=1S/C11H21B/c1-5-9(2)7-6-8-10(3)11(4)12/h7,11H,3,5-6,8,12H2,1-2,4H3/b9-7+. The van der Waals surface area contributed by atoms with E-state index in [2.05, 4.69) is 41.3 Å². The maximum Gasteiger partial charge on any atom is 0.110 e. The zero-order valence-electron chi connectivity index (χ0n) is 8.98. The first-order valence-corrected chi connectivity index (χ1v) is 4.91. The van der Waals surface area contributed by atoms with Gasteiger partial charge in [-0.2, -0.15) is 0 Å². The van der Waals surface area contributed by atoms with Crippen LogP contribution in [0, 0.1) is 0 Å². The van der Waals surface area contributed by atoms with Crippen LogP contribution in [0.5, 0.6) is 0 Å². The van der Waals surface area contributed by atoms with E-state index in [-0.39, 0.29) is 0 Å². The Morgan fingerprint density at radius 3 is 2.58 bits per heavy atom. The van der Waals surface area contributed by atoms with Crippen LogP contribution in [0.4, 0.5) is 0 Å². The van der Waals surface area contributed by atoms with Crippen LogP contribution in [0.15, 0.2) is 23.8 Å². The fourth-order valence-electron chi connectivity index (χ4n) is 0.937. The van der Waals surface area contributed by atoms with Crippen LogP contribution in [0.3, 0.4) is 0 Å². The van der Waals surface area contributed by atoms with E-state index in [0.717, 1.165) is 12.8 Å². The van der Waals surface area contributed by atoms with E-state index in [1.807, 2.05) is 0 Å². The summed E-state index contributed by atoms with van der Waals surface area (Å²) in [5.74, 6) is 0.639. The van der Waals surface area contributed by atoms with Gasteiger partial charge in [0.15, 0.2) is 0 Å². The third-order valence-electron chi connectivity index (χ3n) is 2.33. The Morgan fingerprint density at radius 2 is 2.17 bits per heavy atom. The molecule has 68 valence electrons. The molecular formula is C11H21B. The highest BCUT2D eigenvalue weighted by Gasteiger charge is 1.98. The third-order valence-corrected chi connectivity index (χ3v) is 2.33. The van der Waals surface area contributed by atoms with Gasteiger partial charge >= 0.3 is 0 Å². The molecular weight excluding hydrogens is 143 g/mol. The van der Waals surface area contributed by atoms with Gasteiger partial charge in [0.1, 0.15) is 7.85 Å². The van der Waals surface area contributed by atoms with Gasteiger partial charge in [0.05, 0.1) is 0 Å². The number of hydrogen-bond acceptors (Lipinski definition) is 0. The third kappa shape index (κ3) is 5.23. The van der Waals surface area contributed by atoms with Gasteiger partial charge < -0.3 is 0 Å². The molecule has 0 fully saturated rings. The molecule has 0 saturated heterocycles. The van der Waals surface area contributed by atoms with Crippen LogP contribution >= 0.6 is 0 Å². The molecule has 0 aromatic carbocycles. The van der Waals surface area contributed by atoms with E-state index in [4.69, 9.17) is 0 Å². The minimum Gasteiger partial charge on any atom is -0.100 e. The van der Waals surface area contributed by atoms with Gasteiger partial charge in [0, 0.05) is 0 Å². The maximum absolute atomic E-state index is 4.05. The fourth-order valence-corrected chi connectivity index (χ4v) is 0.937. The first-order chi connectivity index (χ1) is 5.57. The molecule has 0 aliphatic carbocycles. The second-order valence-corrected chi connectivity index (χ2v) is 3.76. The second kappa shape index (κ2) is 6.10. The van der Waals surface area contributed by atoms with Crippen molar-refractivity contribution in [3.63, 3.8) is 0 Å². The van der Waals surface area contributed by atoms with E-state index in [1.165, 1.54) is 17.6 Å². The monoisotopic (exact) mass is 164 g/mol. The maximum atomic E-state index is 4.05. The van der Waals surface area contributed by atoms with E-state index >= 15 is 0 Å². The predicted molar refractivity (Wildman–Crippen MR) is 60.4 cm³/mol. The molecule has 0 N–H and O–H groups in total. The summed E-state index contributed by atoms with van der Waals surface area (Å²) in [5.41, 5.74) is 2.86. The lowest BCUT2D eigenvalue weighted by molar-refractivity contribution is 0.899.